The Morgan fingerprint density at radius 2 is 2.08 bits per heavy atom. The van der Waals surface area contributed by atoms with Crippen molar-refractivity contribution in [2.45, 2.75) is 12.6 Å². The molecule has 24 heavy (non-hydrogen) atoms. The first-order valence-electron chi connectivity index (χ1n) is 6.52. The van der Waals surface area contributed by atoms with E-state index in [1.807, 2.05) is 4.98 Å². The number of anilines is 1. The Bertz CT molecular complexity index is 918. The van der Waals surface area contributed by atoms with Crippen LogP contribution in [0, 0.1) is 0 Å². The standard InChI is InChI=1S/C14H8Cl2F3N3O2/c15-8-2-1-7-6(5-24-12(7)11(8)16)3-10(23)22-13-20-4-9(21-13)14(17,18)19/h1-2,4-5H,3H2,(H2,20,21,22,23). The predicted molar refractivity (Wildman–Crippen MR) is 82.2 cm³/mol. The van der Waals surface area contributed by atoms with Gasteiger partial charge < -0.3 is 9.40 Å². The van der Waals surface area contributed by atoms with Gasteiger partial charge in [-0.25, -0.2) is 4.98 Å². The third kappa shape index (κ3) is 3.20. The number of furan rings is 1. The molecule has 0 saturated heterocycles. The van der Waals surface area contributed by atoms with Gasteiger partial charge in [0.1, 0.15) is 10.7 Å². The number of nitrogens with zero attached hydrogens (tertiary/aromatic N) is 1. The number of alkyl halides is 3. The molecule has 3 aromatic rings. The van der Waals surface area contributed by atoms with Crippen LogP contribution in [0.1, 0.15) is 11.3 Å². The highest BCUT2D eigenvalue weighted by Crippen LogP contribution is 2.34. The van der Waals surface area contributed by atoms with Gasteiger partial charge in [0.15, 0.2) is 5.58 Å². The Morgan fingerprint density at radius 3 is 2.75 bits per heavy atom. The third-order valence-corrected chi connectivity index (χ3v) is 3.99. The molecule has 3 rings (SSSR count). The molecule has 0 atom stereocenters. The van der Waals surface area contributed by atoms with Crippen molar-refractivity contribution in [1.82, 2.24) is 9.97 Å². The van der Waals surface area contributed by atoms with E-state index in [-0.39, 0.29) is 17.4 Å². The molecule has 2 aromatic heterocycles. The molecule has 0 fully saturated rings. The number of fused-ring (bicyclic) bond motifs is 1. The molecule has 0 bridgehead atoms. The second kappa shape index (κ2) is 6.03. The van der Waals surface area contributed by atoms with E-state index >= 15 is 0 Å². The molecular weight excluding hydrogens is 370 g/mol. The Kier molecular flexibility index (Phi) is 4.18. The number of amides is 1. The highest BCUT2D eigenvalue weighted by molar-refractivity contribution is 6.44. The summed E-state index contributed by atoms with van der Waals surface area (Å²) in [6.07, 6.45) is -2.75. The van der Waals surface area contributed by atoms with E-state index in [9.17, 15) is 18.0 Å². The fourth-order valence-electron chi connectivity index (χ4n) is 2.11. The first-order chi connectivity index (χ1) is 11.3. The van der Waals surface area contributed by atoms with Crippen LogP contribution in [0.25, 0.3) is 11.0 Å². The average Bonchev–Trinajstić information content (AvgIpc) is 3.10. The monoisotopic (exact) mass is 377 g/mol. The van der Waals surface area contributed by atoms with Crippen LogP contribution in [0.3, 0.4) is 0 Å². The topological polar surface area (TPSA) is 70.9 Å². The number of hydrogen-bond donors (Lipinski definition) is 2. The van der Waals surface area contributed by atoms with Crippen molar-refractivity contribution in [3.8, 4) is 0 Å². The zero-order chi connectivity index (χ0) is 17.5. The van der Waals surface area contributed by atoms with Crippen LogP contribution >= 0.6 is 23.2 Å². The van der Waals surface area contributed by atoms with Gasteiger partial charge in [-0.1, -0.05) is 23.2 Å². The normalized spacial score (nSPS) is 11.9. The summed E-state index contributed by atoms with van der Waals surface area (Å²) < 4.78 is 42.7. The fraction of sp³-hybridized carbons (Fsp3) is 0.143. The van der Waals surface area contributed by atoms with Crippen LogP contribution in [-0.2, 0) is 17.4 Å². The smallest absolute Gasteiger partial charge is 0.432 e. The summed E-state index contributed by atoms with van der Waals surface area (Å²) in [5, 5.41) is 3.38. The van der Waals surface area contributed by atoms with E-state index in [1.54, 1.807) is 12.1 Å². The van der Waals surface area contributed by atoms with Crippen molar-refractivity contribution in [2.75, 3.05) is 5.32 Å². The Morgan fingerprint density at radius 1 is 1.33 bits per heavy atom. The molecule has 0 aliphatic heterocycles. The number of aromatic amines is 1. The number of aromatic nitrogens is 2. The summed E-state index contributed by atoms with van der Waals surface area (Å²) >= 11 is 11.9. The second-order valence-electron chi connectivity index (χ2n) is 4.87. The molecule has 5 nitrogen and oxygen atoms in total. The summed E-state index contributed by atoms with van der Waals surface area (Å²) in [4.78, 5) is 17.4. The molecule has 126 valence electrons. The maximum Gasteiger partial charge on any atom is 0.432 e. The molecule has 2 heterocycles. The van der Waals surface area contributed by atoms with E-state index in [2.05, 4.69) is 10.3 Å². The van der Waals surface area contributed by atoms with Crippen LogP contribution in [-0.4, -0.2) is 15.9 Å². The third-order valence-electron chi connectivity index (χ3n) is 3.21. The van der Waals surface area contributed by atoms with E-state index in [0.717, 1.165) is 0 Å². The largest absolute Gasteiger partial charge is 0.462 e. The van der Waals surface area contributed by atoms with Crippen molar-refractivity contribution < 1.29 is 22.4 Å². The number of hydrogen-bond acceptors (Lipinski definition) is 3. The maximum absolute atomic E-state index is 12.5. The van der Waals surface area contributed by atoms with Gasteiger partial charge in [-0.2, -0.15) is 13.2 Å². The molecule has 1 amide bonds. The SMILES string of the molecule is O=C(Cc1coc2c(Cl)c(Cl)ccc12)Nc1ncc(C(F)(F)F)[nH]1. The quantitative estimate of drug-likeness (QED) is 0.696. The molecule has 0 aliphatic carbocycles. The second-order valence-corrected chi connectivity index (χ2v) is 5.65. The summed E-state index contributed by atoms with van der Waals surface area (Å²) in [6, 6.07) is 3.20. The summed E-state index contributed by atoms with van der Waals surface area (Å²) in [7, 11) is 0. The van der Waals surface area contributed by atoms with E-state index in [4.69, 9.17) is 27.6 Å². The Balaban J connectivity index is 1.76. The highest BCUT2D eigenvalue weighted by atomic mass is 35.5. The number of carbonyl (C=O) groups excluding carboxylic acids is 1. The minimum atomic E-state index is -4.56. The van der Waals surface area contributed by atoms with Gasteiger partial charge in [-0.05, 0) is 12.1 Å². The van der Waals surface area contributed by atoms with Gasteiger partial charge in [-0.3, -0.25) is 10.1 Å². The number of benzene rings is 1. The first-order valence-corrected chi connectivity index (χ1v) is 7.27. The van der Waals surface area contributed by atoms with Gasteiger partial charge in [-0.15, -0.1) is 0 Å². The molecule has 10 heteroatoms. The van der Waals surface area contributed by atoms with Crippen molar-refractivity contribution in [3.63, 3.8) is 0 Å². The Labute approximate surface area is 142 Å². The van der Waals surface area contributed by atoms with Crippen molar-refractivity contribution in [2.24, 2.45) is 0 Å². The number of imidazole rings is 1. The van der Waals surface area contributed by atoms with Crippen LogP contribution in [0.4, 0.5) is 19.1 Å². The fourth-order valence-corrected chi connectivity index (χ4v) is 2.47. The molecule has 0 radical (unpaired) electrons. The minimum Gasteiger partial charge on any atom is -0.462 e. The lowest BCUT2D eigenvalue weighted by Crippen LogP contribution is -2.15. The molecule has 0 unspecified atom stereocenters. The van der Waals surface area contributed by atoms with E-state index in [0.29, 0.717) is 27.8 Å². The van der Waals surface area contributed by atoms with E-state index in [1.165, 1.54) is 6.26 Å². The lowest BCUT2D eigenvalue weighted by atomic mass is 10.1. The van der Waals surface area contributed by atoms with Crippen LogP contribution in [0.2, 0.25) is 10.0 Å². The van der Waals surface area contributed by atoms with Crippen LogP contribution in [0.5, 0.6) is 0 Å². The number of rotatable bonds is 3. The Hall–Kier alpha value is -2.19. The predicted octanol–water partition coefficient (Wildman–Crippen LogP) is 4.66. The van der Waals surface area contributed by atoms with Gasteiger partial charge in [0, 0.05) is 10.9 Å². The lowest BCUT2D eigenvalue weighted by Gasteiger charge is -2.03. The first kappa shape index (κ1) is 16.7. The zero-order valence-electron chi connectivity index (χ0n) is 11.7. The lowest BCUT2D eigenvalue weighted by molar-refractivity contribution is -0.140. The van der Waals surface area contributed by atoms with Gasteiger partial charge in [0.2, 0.25) is 11.9 Å². The van der Waals surface area contributed by atoms with Gasteiger partial charge >= 0.3 is 6.18 Å². The number of halogens is 5. The molecule has 0 saturated carbocycles. The summed E-state index contributed by atoms with van der Waals surface area (Å²) in [6.45, 7) is 0. The molecular formula is C14H8Cl2F3N3O2. The molecule has 0 aliphatic rings. The summed E-state index contributed by atoms with van der Waals surface area (Å²) in [5.74, 6) is -0.854. The van der Waals surface area contributed by atoms with Crippen molar-refractivity contribution in [1.29, 1.82) is 0 Å². The van der Waals surface area contributed by atoms with Crippen LogP contribution in [0.15, 0.2) is 29.0 Å². The number of H-pyrrole nitrogens is 1. The van der Waals surface area contributed by atoms with Gasteiger partial charge in [0.25, 0.3) is 0 Å². The molecule has 1 aromatic carbocycles. The summed E-state index contributed by atoms with van der Waals surface area (Å²) in [5.41, 5.74) is -0.194. The highest BCUT2D eigenvalue weighted by Gasteiger charge is 2.33. The average molecular weight is 378 g/mol. The van der Waals surface area contributed by atoms with Crippen LogP contribution < -0.4 is 5.32 Å². The number of carbonyl (C=O) groups is 1. The van der Waals surface area contributed by atoms with E-state index < -0.39 is 17.8 Å². The zero-order valence-corrected chi connectivity index (χ0v) is 13.2. The molecule has 2 N–H and O–H groups in total. The number of nitrogens with one attached hydrogen (secondary N) is 2. The van der Waals surface area contributed by atoms with Crippen molar-refractivity contribution >= 4 is 46.0 Å². The minimum absolute atomic E-state index is 0.132. The van der Waals surface area contributed by atoms with Gasteiger partial charge in [0.05, 0.1) is 23.9 Å². The van der Waals surface area contributed by atoms with Crippen molar-refractivity contribution in [3.05, 3.63) is 45.9 Å². The molecule has 0 spiro atoms. The maximum atomic E-state index is 12.5.